The van der Waals surface area contributed by atoms with E-state index in [0.29, 0.717) is 11.8 Å². The molecule has 31 heavy (non-hydrogen) atoms. The Hall–Kier alpha value is -2.33. The first kappa shape index (κ1) is 23.3. The summed E-state index contributed by atoms with van der Waals surface area (Å²) in [4.78, 5) is 17.5. The molecule has 1 fully saturated rings. The van der Waals surface area contributed by atoms with Crippen LogP contribution in [0.3, 0.4) is 0 Å². The number of amides is 1. The molecule has 0 spiro atoms. The molecule has 3 rings (SSSR count). The number of likely N-dealkylation sites (tertiary alicyclic amines) is 1. The summed E-state index contributed by atoms with van der Waals surface area (Å²) >= 11 is 0. The number of methoxy groups -OCH3 is 1. The van der Waals surface area contributed by atoms with E-state index in [9.17, 15) is 4.79 Å². The Bertz CT molecular complexity index is 860. The second-order valence-electron chi connectivity index (χ2n) is 9.56. The lowest BCUT2D eigenvalue weighted by Gasteiger charge is -2.33. The van der Waals surface area contributed by atoms with Gasteiger partial charge in [0, 0.05) is 44.1 Å². The molecule has 4 heteroatoms. The summed E-state index contributed by atoms with van der Waals surface area (Å²) in [6, 6.07) is 17.5. The molecule has 0 aromatic heterocycles. The number of aryl methyl sites for hydroxylation is 1. The van der Waals surface area contributed by atoms with Gasteiger partial charge in [-0.3, -0.25) is 9.69 Å². The van der Waals surface area contributed by atoms with Crippen molar-refractivity contribution in [3.8, 4) is 5.75 Å². The molecule has 0 saturated carbocycles. The van der Waals surface area contributed by atoms with Crippen LogP contribution in [0.4, 0.5) is 0 Å². The number of hydrogen-bond acceptors (Lipinski definition) is 3. The predicted octanol–water partition coefficient (Wildman–Crippen LogP) is 5.11. The van der Waals surface area contributed by atoms with Crippen molar-refractivity contribution in [3.63, 3.8) is 0 Å². The quantitative estimate of drug-likeness (QED) is 0.592. The van der Waals surface area contributed by atoms with E-state index in [4.69, 9.17) is 4.74 Å². The van der Waals surface area contributed by atoms with Gasteiger partial charge in [-0.2, -0.15) is 0 Å². The topological polar surface area (TPSA) is 32.8 Å². The number of hydrogen-bond donors (Lipinski definition) is 0. The lowest BCUT2D eigenvalue weighted by Crippen LogP contribution is -2.43. The maximum atomic E-state index is 12.9. The number of benzene rings is 2. The largest absolute Gasteiger partial charge is 0.497 e. The van der Waals surface area contributed by atoms with Gasteiger partial charge in [0.1, 0.15) is 5.75 Å². The van der Waals surface area contributed by atoms with Crippen LogP contribution >= 0.6 is 0 Å². The summed E-state index contributed by atoms with van der Waals surface area (Å²) in [6.45, 7) is 14.1. The van der Waals surface area contributed by atoms with Gasteiger partial charge >= 0.3 is 0 Å². The van der Waals surface area contributed by atoms with E-state index in [0.717, 1.165) is 31.9 Å². The van der Waals surface area contributed by atoms with E-state index < -0.39 is 0 Å². The summed E-state index contributed by atoms with van der Waals surface area (Å²) in [6.07, 6.45) is 0. The number of rotatable bonds is 8. The Morgan fingerprint density at radius 2 is 1.81 bits per heavy atom. The molecule has 1 saturated heterocycles. The van der Waals surface area contributed by atoms with Crippen LogP contribution in [0.1, 0.15) is 50.3 Å². The van der Waals surface area contributed by atoms with Gasteiger partial charge in [0.05, 0.1) is 7.11 Å². The third-order valence-corrected chi connectivity index (χ3v) is 6.39. The van der Waals surface area contributed by atoms with Crippen LogP contribution in [0, 0.1) is 18.8 Å². The number of nitrogens with zero attached hydrogens (tertiary/aromatic N) is 2. The first-order chi connectivity index (χ1) is 14.8. The summed E-state index contributed by atoms with van der Waals surface area (Å²) in [5.74, 6) is 2.01. The number of carbonyl (C=O) groups is 1. The van der Waals surface area contributed by atoms with Crippen molar-refractivity contribution in [2.45, 2.75) is 53.1 Å². The van der Waals surface area contributed by atoms with Crippen LogP contribution in [0.2, 0.25) is 0 Å². The highest BCUT2D eigenvalue weighted by Gasteiger charge is 2.36. The van der Waals surface area contributed by atoms with Crippen LogP contribution in [0.25, 0.3) is 0 Å². The summed E-state index contributed by atoms with van der Waals surface area (Å²) < 4.78 is 5.41. The van der Waals surface area contributed by atoms with Crippen LogP contribution < -0.4 is 4.74 Å². The average Bonchev–Trinajstić information content (AvgIpc) is 3.14. The molecule has 2 aromatic carbocycles. The molecule has 168 valence electrons. The van der Waals surface area contributed by atoms with Crippen molar-refractivity contribution in [1.82, 2.24) is 9.80 Å². The highest BCUT2D eigenvalue weighted by atomic mass is 16.5. The third kappa shape index (κ3) is 5.88. The van der Waals surface area contributed by atoms with E-state index in [1.54, 1.807) is 7.11 Å². The zero-order chi connectivity index (χ0) is 22.5. The molecule has 2 unspecified atom stereocenters. The van der Waals surface area contributed by atoms with Crippen molar-refractivity contribution >= 4 is 5.91 Å². The molecular weight excluding hydrogens is 384 g/mol. The maximum Gasteiger partial charge on any atom is 0.225 e. The first-order valence-electron chi connectivity index (χ1n) is 11.5. The summed E-state index contributed by atoms with van der Waals surface area (Å²) in [5.41, 5.74) is 3.93. The fraction of sp³-hybridized carbons (Fsp3) is 0.519. The van der Waals surface area contributed by atoms with Crippen molar-refractivity contribution in [1.29, 1.82) is 0 Å². The summed E-state index contributed by atoms with van der Waals surface area (Å²) in [7, 11) is 1.71. The lowest BCUT2D eigenvalue weighted by atomic mass is 9.87. The van der Waals surface area contributed by atoms with Gasteiger partial charge in [-0.1, -0.05) is 55.8 Å². The minimum atomic E-state index is 0.0227. The zero-order valence-corrected chi connectivity index (χ0v) is 20.0. The minimum absolute atomic E-state index is 0.0227. The van der Waals surface area contributed by atoms with Crippen LogP contribution in [0.5, 0.6) is 5.75 Å². The van der Waals surface area contributed by atoms with Gasteiger partial charge in [-0.05, 0) is 49.9 Å². The molecule has 1 aliphatic heterocycles. The smallest absolute Gasteiger partial charge is 0.225 e. The monoisotopic (exact) mass is 422 g/mol. The van der Waals surface area contributed by atoms with E-state index in [1.165, 1.54) is 16.7 Å². The van der Waals surface area contributed by atoms with Crippen molar-refractivity contribution in [2.24, 2.45) is 11.8 Å². The van der Waals surface area contributed by atoms with Gasteiger partial charge in [-0.25, -0.2) is 0 Å². The molecular formula is C27H38N2O2. The second kappa shape index (κ2) is 10.3. The van der Waals surface area contributed by atoms with Crippen LogP contribution in [-0.4, -0.2) is 48.5 Å². The van der Waals surface area contributed by atoms with Crippen LogP contribution in [0.15, 0.2) is 48.5 Å². The first-order valence-corrected chi connectivity index (χ1v) is 11.5. The Morgan fingerprint density at radius 1 is 1.10 bits per heavy atom. The Kier molecular flexibility index (Phi) is 7.77. The normalized spacial score (nSPS) is 19.2. The molecule has 1 amide bonds. The standard InChI is InChI=1S/C27H38N2O2/c1-19(2)27(30)29(20(3)4)17-24-16-28(15-22-8-7-9-25(14-22)31-6)18-26(24)23-12-10-21(5)11-13-23/h7-14,19-20,24,26H,15-18H2,1-6H3. The van der Waals surface area contributed by atoms with E-state index >= 15 is 0 Å². The number of ether oxygens (including phenoxy) is 1. The highest BCUT2D eigenvalue weighted by molar-refractivity contribution is 5.78. The third-order valence-electron chi connectivity index (χ3n) is 6.39. The van der Waals surface area contributed by atoms with Gasteiger partial charge in [0.25, 0.3) is 0 Å². The van der Waals surface area contributed by atoms with Crippen molar-refractivity contribution in [3.05, 3.63) is 65.2 Å². The lowest BCUT2D eigenvalue weighted by molar-refractivity contribution is -0.136. The zero-order valence-electron chi connectivity index (χ0n) is 20.0. The Balaban J connectivity index is 1.82. The fourth-order valence-electron chi connectivity index (χ4n) is 4.63. The molecule has 1 aliphatic rings. The molecule has 1 heterocycles. The van der Waals surface area contributed by atoms with Gasteiger partial charge in [0.2, 0.25) is 5.91 Å². The predicted molar refractivity (Wildman–Crippen MR) is 127 cm³/mol. The molecule has 0 N–H and O–H groups in total. The van der Waals surface area contributed by atoms with Gasteiger partial charge in [-0.15, -0.1) is 0 Å². The Morgan fingerprint density at radius 3 is 2.42 bits per heavy atom. The average molecular weight is 423 g/mol. The molecule has 2 aromatic rings. The van der Waals surface area contributed by atoms with E-state index in [2.05, 4.69) is 73.0 Å². The van der Waals surface area contributed by atoms with E-state index in [1.807, 2.05) is 19.9 Å². The van der Waals surface area contributed by atoms with Crippen molar-refractivity contribution < 1.29 is 9.53 Å². The maximum absolute atomic E-state index is 12.9. The van der Waals surface area contributed by atoms with Gasteiger partial charge in [0.15, 0.2) is 0 Å². The highest BCUT2D eigenvalue weighted by Crippen LogP contribution is 2.35. The van der Waals surface area contributed by atoms with Gasteiger partial charge < -0.3 is 9.64 Å². The molecule has 4 nitrogen and oxygen atoms in total. The van der Waals surface area contributed by atoms with Crippen molar-refractivity contribution in [2.75, 3.05) is 26.7 Å². The van der Waals surface area contributed by atoms with Crippen LogP contribution in [-0.2, 0) is 11.3 Å². The second-order valence-corrected chi connectivity index (χ2v) is 9.56. The summed E-state index contributed by atoms with van der Waals surface area (Å²) in [5, 5.41) is 0. The molecule has 0 bridgehead atoms. The molecule has 2 atom stereocenters. The van der Waals surface area contributed by atoms with E-state index in [-0.39, 0.29) is 17.9 Å². The SMILES string of the molecule is COc1cccc(CN2CC(CN(C(=O)C(C)C)C(C)C)C(c3ccc(C)cc3)C2)c1. The molecule has 0 aliphatic carbocycles. The fourth-order valence-corrected chi connectivity index (χ4v) is 4.63. The number of carbonyl (C=O) groups excluding carboxylic acids is 1. The minimum Gasteiger partial charge on any atom is -0.497 e. The Labute approximate surface area is 188 Å². The molecule has 0 radical (unpaired) electrons.